The number of carbonyl (C=O) groups is 2. The van der Waals surface area contributed by atoms with E-state index in [4.69, 9.17) is 0 Å². The number of para-hydroxylation sites is 1. The summed E-state index contributed by atoms with van der Waals surface area (Å²) in [5, 5.41) is 8.76. The van der Waals surface area contributed by atoms with E-state index in [1.54, 1.807) is 31.3 Å². The van der Waals surface area contributed by atoms with E-state index in [-0.39, 0.29) is 24.2 Å². The average Bonchev–Trinajstić information content (AvgIpc) is 2.98. The minimum atomic E-state index is -0.196. The largest absolute Gasteiger partial charge is 0.355 e. The van der Waals surface area contributed by atoms with Gasteiger partial charge in [0.05, 0.1) is 11.3 Å². The van der Waals surface area contributed by atoms with Gasteiger partial charge in [0, 0.05) is 19.5 Å². The molecule has 1 aliphatic heterocycles. The van der Waals surface area contributed by atoms with Gasteiger partial charge >= 0.3 is 0 Å². The van der Waals surface area contributed by atoms with Gasteiger partial charge in [0.2, 0.25) is 5.91 Å². The van der Waals surface area contributed by atoms with E-state index >= 15 is 0 Å². The van der Waals surface area contributed by atoms with Crippen molar-refractivity contribution in [2.45, 2.75) is 31.7 Å². The molecule has 2 rings (SSSR count). The minimum absolute atomic E-state index is 0. The van der Waals surface area contributed by atoms with E-state index in [2.05, 4.69) is 16.0 Å². The third kappa shape index (κ3) is 5.02. The zero-order chi connectivity index (χ0) is 14.4. The second-order valence-corrected chi connectivity index (χ2v) is 5.00. The van der Waals surface area contributed by atoms with E-state index in [0.717, 1.165) is 19.4 Å². The monoisotopic (exact) mass is 311 g/mol. The number of carbonyl (C=O) groups excluding carboxylic acids is 2. The molecule has 0 radical (unpaired) electrons. The highest BCUT2D eigenvalue weighted by Gasteiger charge is 2.16. The van der Waals surface area contributed by atoms with Crippen LogP contribution in [0.25, 0.3) is 0 Å². The molecule has 1 saturated heterocycles. The van der Waals surface area contributed by atoms with Crippen molar-refractivity contribution in [3.8, 4) is 0 Å². The van der Waals surface area contributed by atoms with Crippen molar-refractivity contribution in [3.63, 3.8) is 0 Å². The lowest BCUT2D eigenvalue weighted by Gasteiger charge is -2.12. The highest BCUT2D eigenvalue weighted by molar-refractivity contribution is 6.03. The molecular weight excluding hydrogens is 290 g/mol. The number of hydrogen-bond donors (Lipinski definition) is 3. The Hall–Kier alpha value is -1.59. The number of hydrogen-bond acceptors (Lipinski definition) is 3. The molecule has 3 N–H and O–H groups in total. The van der Waals surface area contributed by atoms with E-state index < -0.39 is 0 Å². The van der Waals surface area contributed by atoms with Crippen LogP contribution >= 0.6 is 12.4 Å². The third-order valence-electron chi connectivity index (χ3n) is 3.56. The maximum atomic E-state index is 12.0. The Bertz CT molecular complexity index is 488. The first-order valence-corrected chi connectivity index (χ1v) is 7.05. The molecule has 1 unspecified atom stereocenters. The molecule has 0 spiro atoms. The zero-order valence-corrected chi connectivity index (χ0v) is 13.0. The minimum Gasteiger partial charge on any atom is -0.355 e. The van der Waals surface area contributed by atoms with Crippen molar-refractivity contribution in [2.75, 3.05) is 18.9 Å². The normalized spacial score (nSPS) is 16.9. The number of rotatable bonds is 5. The molecule has 5 nitrogen and oxygen atoms in total. The van der Waals surface area contributed by atoms with Crippen LogP contribution < -0.4 is 16.0 Å². The summed E-state index contributed by atoms with van der Waals surface area (Å²) in [4.78, 5) is 23.7. The van der Waals surface area contributed by atoms with Gasteiger partial charge in [0.15, 0.2) is 0 Å². The van der Waals surface area contributed by atoms with Crippen LogP contribution in [0.5, 0.6) is 0 Å². The molecule has 2 amide bonds. The Morgan fingerprint density at radius 3 is 2.76 bits per heavy atom. The fraction of sp³-hybridized carbons (Fsp3) is 0.467. The van der Waals surface area contributed by atoms with E-state index in [0.29, 0.717) is 23.7 Å². The van der Waals surface area contributed by atoms with E-state index in [1.165, 1.54) is 6.42 Å². The summed E-state index contributed by atoms with van der Waals surface area (Å²) >= 11 is 0. The molecule has 1 aromatic rings. The van der Waals surface area contributed by atoms with Crippen LogP contribution in [0.3, 0.4) is 0 Å². The van der Waals surface area contributed by atoms with Gasteiger partial charge in [-0.1, -0.05) is 12.1 Å². The highest BCUT2D eigenvalue weighted by atomic mass is 35.5. The van der Waals surface area contributed by atoms with Crippen molar-refractivity contribution in [1.82, 2.24) is 10.6 Å². The van der Waals surface area contributed by atoms with Crippen molar-refractivity contribution < 1.29 is 9.59 Å². The Morgan fingerprint density at radius 2 is 2.10 bits per heavy atom. The number of halogens is 1. The molecule has 1 heterocycles. The molecule has 0 aliphatic carbocycles. The molecule has 0 bridgehead atoms. The lowest BCUT2D eigenvalue weighted by atomic mass is 10.1. The number of amides is 2. The molecule has 6 heteroatoms. The summed E-state index contributed by atoms with van der Waals surface area (Å²) in [6.45, 7) is 1.05. The predicted octanol–water partition coefficient (Wildman–Crippen LogP) is 1.94. The summed E-state index contributed by atoms with van der Waals surface area (Å²) in [7, 11) is 1.58. The summed E-state index contributed by atoms with van der Waals surface area (Å²) in [6, 6.07) is 7.49. The molecule has 1 aliphatic rings. The number of benzene rings is 1. The van der Waals surface area contributed by atoms with Crippen LogP contribution in [0.15, 0.2) is 24.3 Å². The van der Waals surface area contributed by atoms with Gasteiger partial charge in [0.1, 0.15) is 0 Å². The molecule has 0 aromatic heterocycles. The van der Waals surface area contributed by atoms with Crippen LogP contribution in [0.1, 0.15) is 36.0 Å². The topological polar surface area (TPSA) is 70.2 Å². The second kappa shape index (κ2) is 8.64. The van der Waals surface area contributed by atoms with Crippen LogP contribution in [0.2, 0.25) is 0 Å². The van der Waals surface area contributed by atoms with Gasteiger partial charge in [-0.25, -0.2) is 0 Å². The van der Waals surface area contributed by atoms with Crippen LogP contribution in [0, 0.1) is 0 Å². The molecule has 1 fully saturated rings. The smallest absolute Gasteiger partial charge is 0.253 e. The third-order valence-corrected chi connectivity index (χ3v) is 3.56. The first-order chi connectivity index (χ1) is 9.70. The van der Waals surface area contributed by atoms with Gasteiger partial charge in [-0.2, -0.15) is 0 Å². The first-order valence-electron chi connectivity index (χ1n) is 7.05. The lowest BCUT2D eigenvalue weighted by molar-refractivity contribution is -0.116. The zero-order valence-electron chi connectivity index (χ0n) is 12.1. The first kappa shape index (κ1) is 17.5. The highest BCUT2D eigenvalue weighted by Crippen LogP contribution is 2.16. The fourth-order valence-electron chi connectivity index (χ4n) is 2.45. The van der Waals surface area contributed by atoms with Gasteiger partial charge < -0.3 is 16.0 Å². The van der Waals surface area contributed by atoms with Gasteiger partial charge in [0.25, 0.3) is 5.91 Å². The lowest BCUT2D eigenvalue weighted by Crippen LogP contribution is -2.24. The maximum absolute atomic E-state index is 12.0. The standard InChI is InChI=1S/C15H21N3O2.ClH/c1-16-15(20)12-6-2-3-7-13(12)18-14(19)9-8-11-5-4-10-17-11;/h2-3,6-7,11,17H,4-5,8-10H2,1H3,(H,16,20)(H,18,19);1H. The Morgan fingerprint density at radius 1 is 1.33 bits per heavy atom. The van der Waals surface area contributed by atoms with Crippen molar-refractivity contribution in [2.24, 2.45) is 0 Å². The Balaban J connectivity index is 0.00000220. The van der Waals surface area contributed by atoms with Gasteiger partial charge in [-0.3, -0.25) is 9.59 Å². The van der Waals surface area contributed by atoms with Gasteiger partial charge in [-0.15, -0.1) is 12.4 Å². The molecule has 1 aromatic carbocycles. The number of nitrogens with one attached hydrogen (secondary N) is 3. The molecule has 0 saturated carbocycles. The van der Waals surface area contributed by atoms with Crippen molar-refractivity contribution in [3.05, 3.63) is 29.8 Å². The molecular formula is C15H22ClN3O2. The van der Waals surface area contributed by atoms with E-state index in [9.17, 15) is 9.59 Å². The molecule has 116 valence electrons. The predicted molar refractivity (Wildman–Crippen MR) is 86.0 cm³/mol. The summed E-state index contributed by atoms with van der Waals surface area (Å²) in [5.41, 5.74) is 1.05. The van der Waals surface area contributed by atoms with Crippen molar-refractivity contribution in [1.29, 1.82) is 0 Å². The summed E-state index contributed by atoms with van der Waals surface area (Å²) in [5.74, 6) is -0.242. The van der Waals surface area contributed by atoms with Crippen LogP contribution in [0.4, 0.5) is 5.69 Å². The van der Waals surface area contributed by atoms with Crippen LogP contribution in [-0.4, -0.2) is 31.4 Å². The Kier molecular flexibility index (Phi) is 7.19. The summed E-state index contributed by atoms with van der Waals surface area (Å²) in [6.07, 6.45) is 3.64. The Labute approximate surface area is 131 Å². The molecule has 21 heavy (non-hydrogen) atoms. The second-order valence-electron chi connectivity index (χ2n) is 5.00. The molecule has 1 atom stereocenters. The maximum Gasteiger partial charge on any atom is 0.253 e. The number of anilines is 1. The quantitative estimate of drug-likeness (QED) is 0.778. The van der Waals surface area contributed by atoms with Gasteiger partial charge in [-0.05, 0) is 37.9 Å². The van der Waals surface area contributed by atoms with E-state index in [1.807, 2.05) is 0 Å². The fourth-order valence-corrected chi connectivity index (χ4v) is 2.45. The summed E-state index contributed by atoms with van der Waals surface area (Å²) < 4.78 is 0. The van der Waals surface area contributed by atoms with Crippen LogP contribution in [-0.2, 0) is 4.79 Å². The van der Waals surface area contributed by atoms with Crippen molar-refractivity contribution >= 4 is 29.9 Å². The SMILES string of the molecule is CNC(=O)c1ccccc1NC(=O)CCC1CCCN1.Cl. The average molecular weight is 312 g/mol.